The number of carbonyl (C=O) groups is 1. The second-order valence-corrected chi connectivity index (χ2v) is 3.75. The van der Waals surface area contributed by atoms with Crippen molar-refractivity contribution in [1.29, 1.82) is 0 Å². The van der Waals surface area contributed by atoms with E-state index in [0.29, 0.717) is 5.69 Å². The van der Waals surface area contributed by atoms with Gasteiger partial charge < -0.3 is 10.6 Å². The van der Waals surface area contributed by atoms with E-state index in [9.17, 15) is 9.18 Å². The Morgan fingerprint density at radius 1 is 1.00 bits per heavy atom. The van der Waals surface area contributed by atoms with E-state index in [1.165, 1.54) is 6.07 Å². The number of benzene rings is 2. The average Bonchev–Trinajstić information content (AvgIpc) is 2.39. The quantitative estimate of drug-likeness (QED) is 0.868. The molecule has 0 saturated heterocycles. The number of amides is 1. The normalized spacial score (nSPS) is 9.83. The zero-order valence-electron chi connectivity index (χ0n) is 9.69. The van der Waals surface area contributed by atoms with Crippen LogP contribution in [0.25, 0.3) is 0 Å². The smallest absolute Gasteiger partial charge is 0.243 e. The molecular formula is C14H13FN2O. The van der Waals surface area contributed by atoms with Gasteiger partial charge in [-0.3, -0.25) is 4.79 Å². The summed E-state index contributed by atoms with van der Waals surface area (Å²) in [7, 11) is 0. The van der Waals surface area contributed by atoms with Crippen LogP contribution in [-0.2, 0) is 4.79 Å². The molecular weight excluding hydrogens is 231 g/mol. The maximum Gasteiger partial charge on any atom is 0.243 e. The third kappa shape index (κ3) is 3.31. The molecule has 1 amide bonds. The van der Waals surface area contributed by atoms with E-state index in [2.05, 4.69) is 10.6 Å². The summed E-state index contributed by atoms with van der Waals surface area (Å²) >= 11 is 0. The van der Waals surface area contributed by atoms with Crippen LogP contribution in [0.15, 0.2) is 54.6 Å². The summed E-state index contributed by atoms with van der Waals surface area (Å²) < 4.78 is 13.3. The van der Waals surface area contributed by atoms with E-state index in [4.69, 9.17) is 0 Å². The first-order valence-electron chi connectivity index (χ1n) is 5.59. The molecule has 2 aromatic rings. The van der Waals surface area contributed by atoms with Crippen molar-refractivity contribution in [2.45, 2.75) is 0 Å². The summed E-state index contributed by atoms with van der Waals surface area (Å²) in [4.78, 5) is 11.6. The van der Waals surface area contributed by atoms with Crippen LogP contribution in [0.5, 0.6) is 0 Å². The Balaban J connectivity index is 1.88. The van der Waals surface area contributed by atoms with Crippen molar-refractivity contribution in [3.05, 3.63) is 60.4 Å². The molecule has 0 atom stereocenters. The topological polar surface area (TPSA) is 41.1 Å². The molecule has 0 aliphatic heterocycles. The Morgan fingerprint density at radius 3 is 2.39 bits per heavy atom. The van der Waals surface area contributed by atoms with Crippen molar-refractivity contribution in [1.82, 2.24) is 0 Å². The summed E-state index contributed by atoms with van der Waals surface area (Å²) in [5.41, 5.74) is 1.04. The molecule has 92 valence electrons. The molecule has 0 spiro atoms. The Labute approximate surface area is 105 Å². The van der Waals surface area contributed by atoms with Gasteiger partial charge in [0.15, 0.2) is 0 Å². The van der Waals surface area contributed by atoms with Gasteiger partial charge in [0.05, 0.1) is 12.2 Å². The van der Waals surface area contributed by atoms with E-state index in [-0.39, 0.29) is 18.3 Å². The van der Waals surface area contributed by atoms with Gasteiger partial charge in [0.1, 0.15) is 5.82 Å². The van der Waals surface area contributed by atoms with E-state index in [1.54, 1.807) is 30.3 Å². The van der Waals surface area contributed by atoms with E-state index in [0.717, 1.165) is 5.69 Å². The summed E-state index contributed by atoms with van der Waals surface area (Å²) in [6.45, 7) is 0.0236. The molecule has 0 bridgehead atoms. The molecule has 4 heteroatoms. The molecule has 0 aliphatic carbocycles. The Kier molecular flexibility index (Phi) is 3.91. The molecule has 18 heavy (non-hydrogen) atoms. The Bertz CT molecular complexity index is 528. The van der Waals surface area contributed by atoms with Gasteiger partial charge in [-0.25, -0.2) is 4.39 Å². The monoisotopic (exact) mass is 244 g/mol. The minimum Gasteiger partial charge on any atom is -0.374 e. The minimum absolute atomic E-state index is 0.0236. The van der Waals surface area contributed by atoms with Gasteiger partial charge >= 0.3 is 0 Å². The number of halogens is 1. The first kappa shape index (κ1) is 12.1. The zero-order chi connectivity index (χ0) is 12.8. The van der Waals surface area contributed by atoms with Crippen LogP contribution in [0.3, 0.4) is 0 Å². The molecule has 2 aromatic carbocycles. The highest BCUT2D eigenvalue weighted by molar-refractivity contribution is 5.93. The fourth-order valence-corrected chi connectivity index (χ4v) is 1.51. The van der Waals surface area contributed by atoms with Crippen molar-refractivity contribution in [3.8, 4) is 0 Å². The maximum absolute atomic E-state index is 13.3. The molecule has 0 aromatic heterocycles. The lowest BCUT2D eigenvalue weighted by molar-refractivity contribution is -0.114. The summed E-state index contributed by atoms with van der Waals surface area (Å²) in [6, 6.07) is 15.4. The fraction of sp³-hybridized carbons (Fsp3) is 0.0714. The first-order valence-corrected chi connectivity index (χ1v) is 5.59. The number of carbonyl (C=O) groups excluding carboxylic acids is 1. The lowest BCUT2D eigenvalue weighted by atomic mass is 10.3. The van der Waals surface area contributed by atoms with Gasteiger partial charge in [0.2, 0.25) is 5.91 Å². The number of hydrogen-bond acceptors (Lipinski definition) is 2. The highest BCUT2D eigenvalue weighted by Crippen LogP contribution is 2.12. The van der Waals surface area contributed by atoms with E-state index >= 15 is 0 Å². The predicted molar refractivity (Wildman–Crippen MR) is 70.0 cm³/mol. The molecule has 3 nitrogen and oxygen atoms in total. The maximum atomic E-state index is 13.3. The van der Waals surface area contributed by atoms with Crippen molar-refractivity contribution < 1.29 is 9.18 Å². The van der Waals surface area contributed by atoms with Crippen LogP contribution in [0.2, 0.25) is 0 Å². The van der Waals surface area contributed by atoms with Crippen LogP contribution in [0.1, 0.15) is 0 Å². The molecule has 0 heterocycles. The van der Waals surface area contributed by atoms with Crippen LogP contribution < -0.4 is 10.6 Å². The second-order valence-electron chi connectivity index (χ2n) is 3.75. The molecule has 0 saturated carbocycles. The van der Waals surface area contributed by atoms with Crippen molar-refractivity contribution >= 4 is 17.3 Å². The van der Waals surface area contributed by atoms with Crippen LogP contribution in [-0.4, -0.2) is 12.5 Å². The SMILES string of the molecule is O=C(CNc1ccccc1F)Nc1ccccc1. The van der Waals surface area contributed by atoms with Crippen LogP contribution >= 0.6 is 0 Å². The number of nitrogens with one attached hydrogen (secondary N) is 2. The lowest BCUT2D eigenvalue weighted by Gasteiger charge is -2.08. The van der Waals surface area contributed by atoms with Crippen LogP contribution in [0, 0.1) is 5.82 Å². The largest absolute Gasteiger partial charge is 0.374 e. The summed E-state index contributed by atoms with van der Waals surface area (Å²) in [6.07, 6.45) is 0. The standard InChI is InChI=1S/C14H13FN2O/c15-12-8-4-5-9-13(12)16-10-14(18)17-11-6-2-1-3-7-11/h1-9,16H,10H2,(H,17,18). The molecule has 0 fully saturated rings. The molecule has 0 unspecified atom stereocenters. The van der Waals surface area contributed by atoms with Crippen molar-refractivity contribution in [2.75, 3.05) is 17.2 Å². The molecule has 0 radical (unpaired) electrons. The van der Waals surface area contributed by atoms with Gasteiger partial charge in [-0.2, -0.15) is 0 Å². The number of hydrogen-bond donors (Lipinski definition) is 2. The summed E-state index contributed by atoms with van der Waals surface area (Å²) in [5.74, 6) is -0.588. The molecule has 0 aliphatic rings. The van der Waals surface area contributed by atoms with Crippen LogP contribution in [0.4, 0.5) is 15.8 Å². The Morgan fingerprint density at radius 2 is 1.67 bits per heavy atom. The van der Waals surface area contributed by atoms with E-state index in [1.807, 2.05) is 18.2 Å². The van der Waals surface area contributed by atoms with Crippen molar-refractivity contribution in [3.63, 3.8) is 0 Å². The number of rotatable bonds is 4. The highest BCUT2D eigenvalue weighted by Gasteiger charge is 2.04. The summed E-state index contributed by atoms with van der Waals surface area (Å²) in [5, 5.41) is 5.45. The van der Waals surface area contributed by atoms with Gasteiger partial charge in [-0.15, -0.1) is 0 Å². The molecule has 2 N–H and O–H groups in total. The van der Waals surface area contributed by atoms with E-state index < -0.39 is 0 Å². The third-order valence-electron chi connectivity index (χ3n) is 2.37. The van der Waals surface area contributed by atoms with Gasteiger partial charge in [0, 0.05) is 5.69 Å². The predicted octanol–water partition coefficient (Wildman–Crippen LogP) is 2.88. The highest BCUT2D eigenvalue weighted by atomic mass is 19.1. The lowest BCUT2D eigenvalue weighted by Crippen LogP contribution is -2.22. The van der Waals surface area contributed by atoms with Crippen molar-refractivity contribution in [2.24, 2.45) is 0 Å². The zero-order valence-corrected chi connectivity index (χ0v) is 9.69. The number of para-hydroxylation sites is 2. The fourth-order valence-electron chi connectivity index (χ4n) is 1.51. The molecule has 2 rings (SSSR count). The van der Waals surface area contributed by atoms with Gasteiger partial charge in [-0.05, 0) is 24.3 Å². The minimum atomic E-state index is -0.370. The Hall–Kier alpha value is -2.36. The van der Waals surface area contributed by atoms with Gasteiger partial charge in [-0.1, -0.05) is 30.3 Å². The second kappa shape index (κ2) is 5.82. The average molecular weight is 244 g/mol. The van der Waals surface area contributed by atoms with Gasteiger partial charge in [0.25, 0.3) is 0 Å². The first-order chi connectivity index (χ1) is 8.75. The number of anilines is 2. The third-order valence-corrected chi connectivity index (χ3v) is 2.37.